The van der Waals surface area contributed by atoms with Gasteiger partial charge in [-0.05, 0) is 42.7 Å². The Hall–Kier alpha value is -2.63. The summed E-state index contributed by atoms with van der Waals surface area (Å²) in [7, 11) is 0. The molecule has 1 heterocycles. The number of halogens is 2. The van der Waals surface area contributed by atoms with Crippen LogP contribution in [-0.4, -0.2) is 27.7 Å². The molecule has 0 bridgehead atoms. The van der Waals surface area contributed by atoms with Crippen molar-refractivity contribution in [3.63, 3.8) is 0 Å². The number of allylic oxidation sites excluding steroid dienone is 2. The lowest BCUT2D eigenvalue weighted by atomic mass is 9.85. The second kappa shape index (κ2) is 8.01. The molecule has 4 rings (SSSR count). The molecule has 1 saturated heterocycles. The van der Waals surface area contributed by atoms with Crippen LogP contribution in [0.3, 0.4) is 0 Å². The lowest BCUT2D eigenvalue weighted by molar-refractivity contribution is -0.155. The van der Waals surface area contributed by atoms with Crippen molar-refractivity contribution in [2.75, 3.05) is 0 Å². The molecule has 1 aliphatic carbocycles. The Kier molecular flexibility index (Phi) is 5.43. The summed E-state index contributed by atoms with van der Waals surface area (Å²) in [4.78, 5) is 39.5. The molecule has 0 radical (unpaired) electrons. The van der Waals surface area contributed by atoms with Gasteiger partial charge in [0.05, 0.1) is 29.0 Å². The zero-order chi connectivity index (χ0) is 20.5. The molecule has 29 heavy (non-hydrogen) atoms. The maximum atomic E-state index is 13.4. The van der Waals surface area contributed by atoms with Crippen LogP contribution in [0.2, 0.25) is 10.0 Å². The van der Waals surface area contributed by atoms with Crippen LogP contribution in [0.25, 0.3) is 0 Å². The summed E-state index contributed by atoms with van der Waals surface area (Å²) in [5, 5.41) is 3.04. The summed E-state index contributed by atoms with van der Waals surface area (Å²) in [6, 6.07) is 13.5. The summed E-state index contributed by atoms with van der Waals surface area (Å²) >= 11 is 12.2. The highest BCUT2D eigenvalue weighted by Gasteiger charge is 2.50. The minimum absolute atomic E-state index is 0.0472. The van der Waals surface area contributed by atoms with Crippen LogP contribution in [0, 0.1) is 11.8 Å². The van der Waals surface area contributed by atoms with Gasteiger partial charge >= 0.3 is 0 Å². The smallest absolute Gasteiger partial charge is 0.272 e. The number of imide groups is 1. The highest BCUT2D eigenvalue weighted by Crippen LogP contribution is 2.37. The van der Waals surface area contributed by atoms with E-state index in [2.05, 4.69) is 0 Å². The molecule has 1 aliphatic heterocycles. The minimum atomic E-state index is -0.501. The van der Waals surface area contributed by atoms with Crippen LogP contribution in [-0.2, 0) is 16.1 Å². The third-order valence-electron chi connectivity index (χ3n) is 5.31. The van der Waals surface area contributed by atoms with Gasteiger partial charge in [-0.3, -0.25) is 14.4 Å². The fourth-order valence-corrected chi connectivity index (χ4v) is 4.13. The number of benzene rings is 2. The molecule has 148 valence electrons. The van der Waals surface area contributed by atoms with Gasteiger partial charge in [0.2, 0.25) is 0 Å². The summed E-state index contributed by atoms with van der Waals surface area (Å²) in [6.45, 7) is 0.0472. The first-order valence-electron chi connectivity index (χ1n) is 9.31. The Labute approximate surface area is 178 Å². The topological polar surface area (TPSA) is 57.7 Å². The third-order valence-corrected chi connectivity index (χ3v) is 5.89. The number of fused-ring (bicyclic) bond motifs is 1. The molecule has 0 N–H and O–H groups in total. The van der Waals surface area contributed by atoms with Gasteiger partial charge in [-0.25, -0.2) is 5.01 Å². The molecule has 5 nitrogen and oxygen atoms in total. The number of carbonyl (C=O) groups is 3. The van der Waals surface area contributed by atoms with Crippen molar-refractivity contribution in [2.45, 2.75) is 19.4 Å². The zero-order valence-corrected chi connectivity index (χ0v) is 16.9. The van der Waals surface area contributed by atoms with E-state index in [-0.39, 0.29) is 28.9 Å². The van der Waals surface area contributed by atoms with Crippen LogP contribution in [0.5, 0.6) is 0 Å². The van der Waals surface area contributed by atoms with Gasteiger partial charge in [-0.2, -0.15) is 5.01 Å². The predicted octanol–water partition coefficient (Wildman–Crippen LogP) is 4.50. The normalized spacial score (nSPS) is 20.7. The molecule has 0 spiro atoms. The van der Waals surface area contributed by atoms with E-state index >= 15 is 0 Å². The quantitative estimate of drug-likeness (QED) is 0.531. The Morgan fingerprint density at radius 1 is 0.931 bits per heavy atom. The first-order chi connectivity index (χ1) is 14.0. The number of nitrogens with zero attached hydrogens (tertiary/aromatic N) is 2. The van der Waals surface area contributed by atoms with E-state index in [1.54, 1.807) is 48.5 Å². The number of hydrazine groups is 1. The predicted molar refractivity (Wildman–Crippen MR) is 110 cm³/mol. The van der Waals surface area contributed by atoms with Crippen molar-refractivity contribution < 1.29 is 14.4 Å². The van der Waals surface area contributed by atoms with Crippen molar-refractivity contribution in [3.8, 4) is 0 Å². The molecule has 7 heteroatoms. The van der Waals surface area contributed by atoms with Crippen molar-refractivity contribution in [1.29, 1.82) is 0 Å². The molecule has 0 saturated carbocycles. The van der Waals surface area contributed by atoms with Gasteiger partial charge in [-0.15, -0.1) is 0 Å². The van der Waals surface area contributed by atoms with Crippen LogP contribution < -0.4 is 0 Å². The van der Waals surface area contributed by atoms with Gasteiger partial charge in [0.15, 0.2) is 0 Å². The molecule has 2 aliphatic rings. The number of rotatable bonds is 4. The van der Waals surface area contributed by atoms with E-state index in [9.17, 15) is 14.4 Å². The van der Waals surface area contributed by atoms with E-state index in [0.717, 1.165) is 10.6 Å². The summed E-state index contributed by atoms with van der Waals surface area (Å²) in [5.41, 5.74) is 0.972. The van der Waals surface area contributed by atoms with Gasteiger partial charge < -0.3 is 0 Å². The lowest BCUT2D eigenvalue weighted by Crippen LogP contribution is -2.49. The van der Waals surface area contributed by atoms with E-state index < -0.39 is 17.7 Å². The maximum absolute atomic E-state index is 13.4. The summed E-state index contributed by atoms with van der Waals surface area (Å²) < 4.78 is 0. The van der Waals surface area contributed by atoms with Crippen molar-refractivity contribution >= 4 is 40.9 Å². The average molecular weight is 429 g/mol. The molecule has 3 amide bonds. The largest absolute Gasteiger partial charge is 0.274 e. The monoisotopic (exact) mass is 428 g/mol. The Bertz CT molecular complexity index is 977. The van der Waals surface area contributed by atoms with E-state index in [1.807, 2.05) is 12.2 Å². The molecule has 0 unspecified atom stereocenters. The fraction of sp³-hybridized carbons (Fsp3) is 0.227. The minimum Gasteiger partial charge on any atom is -0.272 e. The fourth-order valence-electron chi connectivity index (χ4n) is 3.79. The van der Waals surface area contributed by atoms with Crippen LogP contribution in [0.1, 0.15) is 28.8 Å². The van der Waals surface area contributed by atoms with E-state index in [1.165, 1.54) is 5.01 Å². The van der Waals surface area contributed by atoms with Gasteiger partial charge in [0.1, 0.15) is 0 Å². The molecular formula is C22H18Cl2N2O3. The van der Waals surface area contributed by atoms with Crippen LogP contribution in [0.15, 0.2) is 60.7 Å². The summed E-state index contributed by atoms with van der Waals surface area (Å²) in [5.74, 6) is -2.06. The average Bonchev–Trinajstić information content (AvgIpc) is 2.98. The molecular weight excluding hydrogens is 411 g/mol. The van der Waals surface area contributed by atoms with Crippen LogP contribution in [0.4, 0.5) is 0 Å². The van der Waals surface area contributed by atoms with Gasteiger partial charge in [0, 0.05) is 5.02 Å². The highest BCUT2D eigenvalue weighted by atomic mass is 35.5. The second-order valence-corrected chi connectivity index (χ2v) is 7.96. The molecule has 1 fully saturated rings. The molecule has 2 aromatic rings. The van der Waals surface area contributed by atoms with Crippen molar-refractivity contribution in [1.82, 2.24) is 10.0 Å². The number of hydrogen-bond donors (Lipinski definition) is 0. The Morgan fingerprint density at radius 2 is 1.52 bits per heavy atom. The number of amides is 3. The van der Waals surface area contributed by atoms with E-state index in [0.29, 0.717) is 17.9 Å². The second-order valence-electron chi connectivity index (χ2n) is 7.11. The van der Waals surface area contributed by atoms with Crippen molar-refractivity contribution in [2.24, 2.45) is 11.8 Å². The third kappa shape index (κ3) is 3.68. The Morgan fingerprint density at radius 3 is 2.10 bits per heavy atom. The molecule has 0 aromatic heterocycles. The van der Waals surface area contributed by atoms with Gasteiger partial charge in [0.25, 0.3) is 17.7 Å². The standard InChI is InChI=1S/C22H18Cl2N2O3/c23-15-11-9-14(10-12-15)13-25(20(27)18-7-3-4-8-19(18)24)26-21(28)16-5-1-2-6-17(16)22(26)29/h1-4,7-12,16-17H,5-6,13H2/t16-,17-/m0/s1. The van der Waals surface area contributed by atoms with Crippen LogP contribution >= 0.6 is 23.2 Å². The van der Waals surface area contributed by atoms with Crippen molar-refractivity contribution in [3.05, 3.63) is 81.9 Å². The van der Waals surface area contributed by atoms with Gasteiger partial charge in [-0.1, -0.05) is 59.6 Å². The highest BCUT2D eigenvalue weighted by molar-refractivity contribution is 6.34. The van der Waals surface area contributed by atoms with E-state index in [4.69, 9.17) is 23.2 Å². The Balaban J connectivity index is 1.73. The summed E-state index contributed by atoms with van der Waals surface area (Å²) in [6.07, 6.45) is 4.83. The first-order valence-corrected chi connectivity index (χ1v) is 10.1. The molecule has 2 atom stereocenters. The zero-order valence-electron chi connectivity index (χ0n) is 15.4. The SMILES string of the molecule is O=C(c1ccccc1Cl)N(Cc1ccc(Cl)cc1)N1C(=O)[C@H]2CC=CC[C@@H]2C1=O. The lowest BCUT2D eigenvalue weighted by Gasteiger charge is -2.31. The number of hydrogen-bond acceptors (Lipinski definition) is 3. The maximum Gasteiger partial charge on any atom is 0.274 e. The number of carbonyl (C=O) groups excluding carboxylic acids is 3. The molecule has 2 aromatic carbocycles. The first kappa shape index (κ1) is 19.7.